The van der Waals surface area contributed by atoms with E-state index < -0.39 is 5.97 Å². The maximum absolute atomic E-state index is 11.4. The van der Waals surface area contributed by atoms with Crippen molar-refractivity contribution < 1.29 is 9.90 Å². The topological polar surface area (TPSA) is 37.3 Å². The fourth-order valence-electron chi connectivity index (χ4n) is 3.17. The van der Waals surface area contributed by atoms with E-state index >= 15 is 0 Å². The molecule has 0 aliphatic heterocycles. The molecular formula is C15H21BrO2S. The summed E-state index contributed by atoms with van der Waals surface area (Å²) < 4.78 is 1.13. The molecule has 0 saturated heterocycles. The van der Waals surface area contributed by atoms with E-state index in [4.69, 9.17) is 0 Å². The molecule has 0 bridgehead atoms. The lowest BCUT2D eigenvalue weighted by atomic mass is 9.69. The highest BCUT2D eigenvalue weighted by Gasteiger charge is 2.36. The first kappa shape index (κ1) is 15.0. The number of carboxylic acid groups (broad SMARTS) is 1. The molecular weight excluding hydrogens is 324 g/mol. The summed E-state index contributed by atoms with van der Waals surface area (Å²) in [6.07, 6.45) is 3.86. The van der Waals surface area contributed by atoms with Crippen LogP contribution in [0.5, 0.6) is 0 Å². The second kappa shape index (κ2) is 6.40. The fourth-order valence-corrected chi connectivity index (χ4v) is 4.77. The van der Waals surface area contributed by atoms with Crippen molar-refractivity contribution in [3.63, 3.8) is 0 Å². The SMILES string of the molecule is CC(C)C1CCC(C(=O)O)C(Cc2sccc2Br)C1. The lowest BCUT2D eigenvalue weighted by molar-refractivity contribution is -0.145. The minimum atomic E-state index is -0.611. The summed E-state index contributed by atoms with van der Waals surface area (Å²) in [5.74, 6) is 0.848. The molecule has 106 valence electrons. The van der Waals surface area contributed by atoms with Gasteiger partial charge in [-0.15, -0.1) is 11.3 Å². The van der Waals surface area contributed by atoms with Crippen LogP contribution in [0.2, 0.25) is 0 Å². The van der Waals surface area contributed by atoms with E-state index in [0.717, 1.165) is 30.2 Å². The molecule has 0 amide bonds. The second-order valence-electron chi connectivity index (χ2n) is 5.92. The molecule has 1 aromatic heterocycles. The number of carbonyl (C=O) groups is 1. The van der Waals surface area contributed by atoms with Crippen molar-refractivity contribution in [2.45, 2.75) is 39.5 Å². The molecule has 1 aromatic rings. The van der Waals surface area contributed by atoms with Crippen LogP contribution in [0.3, 0.4) is 0 Å². The van der Waals surface area contributed by atoms with Crippen LogP contribution >= 0.6 is 27.3 Å². The maximum Gasteiger partial charge on any atom is 0.306 e. The number of rotatable bonds is 4. The molecule has 19 heavy (non-hydrogen) atoms. The summed E-state index contributed by atoms with van der Waals surface area (Å²) in [6.45, 7) is 4.51. The summed E-state index contributed by atoms with van der Waals surface area (Å²) >= 11 is 5.28. The molecule has 2 rings (SSSR count). The van der Waals surface area contributed by atoms with Crippen LogP contribution < -0.4 is 0 Å². The molecule has 1 saturated carbocycles. The van der Waals surface area contributed by atoms with Gasteiger partial charge in [0.1, 0.15) is 0 Å². The van der Waals surface area contributed by atoms with Crippen LogP contribution in [0.1, 0.15) is 38.0 Å². The van der Waals surface area contributed by atoms with Crippen molar-refractivity contribution >= 4 is 33.2 Å². The van der Waals surface area contributed by atoms with E-state index in [1.54, 1.807) is 11.3 Å². The first-order chi connectivity index (χ1) is 8.99. The number of carboxylic acids is 1. The lowest BCUT2D eigenvalue weighted by Crippen LogP contribution is -2.33. The second-order valence-corrected chi connectivity index (χ2v) is 7.77. The molecule has 3 unspecified atom stereocenters. The number of hydrogen-bond donors (Lipinski definition) is 1. The monoisotopic (exact) mass is 344 g/mol. The normalized spacial score (nSPS) is 27.7. The average molecular weight is 345 g/mol. The van der Waals surface area contributed by atoms with Gasteiger partial charge in [0, 0.05) is 9.35 Å². The third-order valence-electron chi connectivity index (χ3n) is 4.42. The quantitative estimate of drug-likeness (QED) is 0.849. The van der Waals surface area contributed by atoms with Crippen LogP contribution in [-0.4, -0.2) is 11.1 Å². The van der Waals surface area contributed by atoms with Gasteiger partial charge in [0.25, 0.3) is 0 Å². The van der Waals surface area contributed by atoms with Gasteiger partial charge in [0.2, 0.25) is 0 Å². The summed E-state index contributed by atoms with van der Waals surface area (Å²) in [5.41, 5.74) is 0. The molecule has 3 atom stereocenters. The molecule has 0 radical (unpaired) electrons. The van der Waals surface area contributed by atoms with Crippen LogP contribution in [0.15, 0.2) is 15.9 Å². The van der Waals surface area contributed by atoms with Crippen LogP contribution in [0, 0.1) is 23.7 Å². The molecule has 4 heteroatoms. The highest BCUT2D eigenvalue weighted by molar-refractivity contribution is 9.10. The number of aliphatic carboxylic acids is 1. The van der Waals surface area contributed by atoms with Gasteiger partial charge in [-0.2, -0.15) is 0 Å². The predicted molar refractivity (Wildman–Crippen MR) is 82.5 cm³/mol. The van der Waals surface area contributed by atoms with E-state index in [-0.39, 0.29) is 11.8 Å². The number of hydrogen-bond acceptors (Lipinski definition) is 2. The molecule has 1 heterocycles. The van der Waals surface area contributed by atoms with Crippen molar-refractivity contribution in [3.8, 4) is 0 Å². The number of halogens is 1. The Labute approximate surface area is 127 Å². The van der Waals surface area contributed by atoms with Gasteiger partial charge in [-0.05, 0) is 70.8 Å². The molecule has 1 aliphatic carbocycles. The summed E-state index contributed by atoms with van der Waals surface area (Å²) in [6, 6.07) is 2.05. The standard InChI is InChI=1S/C15H21BrO2S/c1-9(2)10-3-4-12(15(17)18)11(7-10)8-14-13(16)5-6-19-14/h5-6,9-12H,3-4,7-8H2,1-2H3,(H,17,18). The van der Waals surface area contributed by atoms with Crippen molar-refractivity contribution in [3.05, 3.63) is 20.8 Å². The first-order valence-corrected chi connectivity index (χ1v) is 8.61. The number of thiophene rings is 1. The largest absolute Gasteiger partial charge is 0.481 e. The zero-order valence-corrected chi connectivity index (χ0v) is 13.8. The van der Waals surface area contributed by atoms with Crippen LogP contribution in [0.25, 0.3) is 0 Å². The maximum atomic E-state index is 11.4. The average Bonchev–Trinajstić information content (AvgIpc) is 2.74. The summed E-state index contributed by atoms with van der Waals surface area (Å²) in [5, 5.41) is 11.5. The zero-order chi connectivity index (χ0) is 14.0. The molecule has 1 N–H and O–H groups in total. The molecule has 1 fully saturated rings. The van der Waals surface area contributed by atoms with Crippen molar-refractivity contribution in [2.24, 2.45) is 23.7 Å². The van der Waals surface area contributed by atoms with Gasteiger partial charge in [0.15, 0.2) is 0 Å². The highest BCUT2D eigenvalue weighted by Crippen LogP contribution is 2.40. The van der Waals surface area contributed by atoms with Gasteiger partial charge < -0.3 is 5.11 Å². The molecule has 0 spiro atoms. The molecule has 2 nitrogen and oxygen atoms in total. The van der Waals surface area contributed by atoms with E-state index in [1.165, 1.54) is 4.88 Å². The van der Waals surface area contributed by atoms with Gasteiger partial charge >= 0.3 is 5.97 Å². The molecule has 1 aliphatic rings. The Kier molecular flexibility index (Phi) is 5.07. The van der Waals surface area contributed by atoms with Crippen molar-refractivity contribution in [1.82, 2.24) is 0 Å². The lowest BCUT2D eigenvalue weighted by Gasteiger charge is -2.35. The fraction of sp³-hybridized carbons (Fsp3) is 0.667. The van der Waals surface area contributed by atoms with E-state index in [9.17, 15) is 9.90 Å². The van der Waals surface area contributed by atoms with Gasteiger partial charge in [0.05, 0.1) is 5.92 Å². The van der Waals surface area contributed by atoms with E-state index in [2.05, 4.69) is 41.2 Å². The third-order valence-corrected chi connectivity index (χ3v) is 6.37. The Balaban J connectivity index is 2.11. The molecule has 0 aromatic carbocycles. The Morgan fingerprint density at radius 1 is 1.53 bits per heavy atom. The van der Waals surface area contributed by atoms with Gasteiger partial charge in [-0.3, -0.25) is 4.79 Å². The smallest absolute Gasteiger partial charge is 0.306 e. The first-order valence-electron chi connectivity index (χ1n) is 6.93. The summed E-state index contributed by atoms with van der Waals surface area (Å²) in [4.78, 5) is 12.7. The third kappa shape index (κ3) is 3.60. The van der Waals surface area contributed by atoms with Crippen LogP contribution in [0.4, 0.5) is 0 Å². The van der Waals surface area contributed by atoms with Gasteiger partial charge in [-0.1, -0.05) is 13.8 Å². The van der Waals surface area contributed by atoms with E-state index in [0.29, 0.717) is 11.8 Å². The van der Waals surface area contributed by atoms with Crippen molar-refractivity contribution in [2.75, 3.05) is 0 Å². The zero-order valence-electron chi connectivity index (χ0n) is 11.4. The summed E-state index contributed by atoms with van der Waals surface area (Å²) in [7, 11) is 0. The Bertz CT molecular complexity index is 441. The highest BCUT2D eigenvalue weighted by atomic mass is 79.9. The van der Waals surface area contributed by atoms with Gasteiger partial charge in [-0.25, -0.2) is 0 Å². The van der Waals surface area contributed by atoms with Crippen LogP contribution in [-0.2, 0) is 11.2 Å². The minimum absolute atomic E-state index is 0.163. The Morgan fingerprint density at radius 3 is 2.79 bits per heavy atom. The Morgan fingerprint density at radius 2 is 2.26 bits per heavy atom. The predicted octanol–water partition coefficient (Wildman–Crippen LogP) is 4.83. The minimum Gasteiger partial charge on any atom is -0.481 e. The Hall–Kier alpha value is -0.350. The van der Waals surface area contributed by atoms with Crippen molar-refractivity contribution in [1.29, 1.82) is 0 Å². The van der Waals surface area contributed by atoms with E-state index in [1.807, 2.05) is 0 Å².